The molecule has 0 saturated heterocycles. The molecule has 0 bridgehead atoms. The summed E-state index contributed by atoms with van der Waals surface area (Å²) in [5.74, 6) is -1.71. The van der Waals surface area contributed by atoms with Crippen LogP contribution in [0.15, 0.2) is 12.7 Å². The molecular formula is C11H19N3O5. The molecule has 8 heteroatoms. The average molecular weight is 273 g/mol. The maximum atomic E-state index is 11.7. The van der Waals surface area contributed by atoms with Crippen LogP contribution in [0.4, 0.5) is 4.79 Å². The molecule has 0 radical (unpaired) electrons. The minimum atomic E-state index is -1.15. The maximum Gasteiger partial charge on any atom is 0.322 e. The highest BCUT2D eigenvalue weighted by Gasteiger charge is 2.12. The summed E-state index contributed by atoms with van der Waals surface area (Å²) in [7, 11) is 1.52. The fraction of sp³-hybridized carbons (Fsp3) is 0.545. The zero-order valence-corrected chi connectivity index (χ0v) is 10.8. The summed E-state index contributed by atoms with van der Waals surface area (Å²) in [6.07, 6.45) is 1.56. The highest BCUT2D eigenvalue weighted by atomic mass is 16.5. The molecule has 108 valence electrons. The second-order valence-electron chi connectivity index (χ2n) is 3.56. The van der Waals surface area contributed by atoms with E-state index in [1.54, 1.807) is 6.08 Å². The number of nitrogens with one attached hydrogen (secondary N) is 2. The van der Waals surface area contributed by atoms with E-state index in [1.807, 2.05) is 0 Å². The first-order valence-electron chi connectivity index (χ1n) is 5.62. The Bertz CT molecular complexity index is 332. The lowest BCUT2D eigenvalue weighted by Gasteiger charge is -2.20. The lowest BCUT2D eigenvalue weighted by atomic mass is 10.4. The first-order chi connectivity index (χ1) is 9.01. The number of hydrogen-bond donors (Lipinski definition) is 3. The third-order valence-electron chi connectivity index (χ3n) is 2.04. The van der Waals surface area contributed by atoms with Crippen LogP contribution in [0.25, 0.3) is 0 Å². The Morgan fingerprint density at radius 1 is 1.32 bits per heavy atom. The van der Waals surface area contributed by atoms with E-state index in [0.29, 0.717) is 19.7 Å². The Hall–Kier alpha value is -2.09. The van der Waals surface area contributed by atoms with Crippen molar-refractivity contribution >= 4 is 17.9 Å². The molecule has 0 atom stereocenters. The molecule has 0 aromatic heterocycles. The molecule has 0 spiro atoms. The first kappa shape index (κ1) is 16.9. The number of rotatable bonds is 9. The number of carboxylic acid groups (broad SMARTS) is 1. The van der Waals surface area contributed by atoms with Gasteiger partial charge in [-0.15, -0.1) is 6.58 Å². The number of nitrogens with zero attached hydrogens (tertiary/aromatic N) is 1. The van der Waals surface area contributed by atoms with Gasteiger partial charge in [-0.1, -0.05) is 6.08 Å². The summed E-state index contributed by atoms with van der Waals surface area (Å²) in [6.45, 7) is 3.82. The number of carbonyl (C=O) groups excluding carboxylic acids is 2. The zero-order valence-electron chi connectivity index (χ0n) is 10.8. The molecule has 0 heterocycles. The van der Waals surface area contributed by atoms with Gasteiger partial charge >= 0.3 is 12.0 Å². The van der Waals surface area contributed by atoms with E-state index in [-0.39, 0.29) is 6.54 Å². The zero-order chi connectivity index (χ0) is 14.7. The monoisotopic (exact) mass is 273 g/mol. The molecule has 0 aromatic rings. The third-order valence-corrected chi connectivity index (χ3v) is 2.04. The first-order valence-corrected chi connectivity index (χ1v) is 5.62. The molecule has 0 aliphatic rings. The minimum Gasteiger partial charge on any atom is -0.480 e. The minimum absolute atomic E-state index is 0.285. The molecule has 0 rings (SSSR count). The topological polar surface area (TPSA) is 108 Å². The summed E-state index contributed by atoms with van der Waals surface area (Å²) in [5.41, 5.74) is 0. The molecule has 0 aliphatic heterocycles. The average Bonchev–Trinajstić information content (AvgIpc) is 2.38. The largest absolute Gasteiger partial charge is 0.480 e. The fourth-order valence-corrected chi connectivity index (χ4v) is 1.14. The third kappa shape index (κ3) is 8.61. The maximum absolute atomic E-state index is 11.7. The Morgan fingerprint density at radius 2 is 2.00 bits per heavy atom. The van der Waals surface area contributed by atoms with Gasteiger partial charge in [-0.05, 0) is 0 Å². The molecule has 3 amide bonds. The normalized spacial score (nSPS) is 9.53. The van der Waals surface area contributed by atoms with Gasteiger partial charge in [0.2, 0.25) is 5.91 Å². The number of carboxylic acids is 1. The van der Waals surface area contributed by atoms with Crippen LogP contribution in [0.2, 0.25) is 0 Å². The van der Waals surface area contributed by atoms with Crippen LogP contribution in [0, 0.1) is 0 Å². The van der Waals surface area contributed by atoms with E-state index < -0.39 is 24.5 Å². The molecular weight excluding hydrogens is 254 g/mol. The highest BCUT2D eigenvalue weighted by Crippen LogP contribution is 1.90. The predicted octanol–water partition coefficient (Wildman–Crippen LogP) is -0.969. The van der Waals surface area contributed by atoms with Gasteiger partial charge in [0.1, 0.15) is 6.54 Å². The van der Waals surface area contributed by atoms with Crippen LogP contribution in [-0.2, 0) is 14.3 Å². The van der Waals surface area contributed by atoms with E-state index >= 15 is 0 Å². The summed E-state index contributed by atoms with van der Waals surface area (Å²) in [5, 5.41) is 12.9. The number of aliphatic carboxylic acids is 1. The Labute approximate surface area is 111 Å². The van der Waals surface area contributed by atoms with Crippen molar-refractivity contribution in [1.82, 2.24) is 15.5 Å². The Morgan fingerprint density at radius 3 is 2.53 bits per heavy atom. The lowest BCUT2D eigenvalue weighted by Crippen LogP contribution is -2.46. The summed E-state index contributed by atoms with van der Waals surface area (Å²) >= 11 is 0. The van der Waals surface area contributed by atoms with Crippen molar-refractivity contribution in [2.45, 2.75) is 0 Å². The lowest BCUT2D eigenvalue weighted by molar-refractivity contribution is -0.137. The number of ether oxygens (including phenoxy) is 1. The van der Waals surface area contributed by atoms with E-state index in [9.17, 15) is 14.4 Å². The van der Waals surface area contributed by atoms with E-state index in [4.69, 9.17) is 9.84 Å². The van der Waals surface area contributed by atoms with Crippen molar-refractivity contribution in [2.24, 2.45) is 0 Å². The van der Waals surface area contributed by atoms with E-state index in [1.165, 1.54) is 12.0 Å². The highest BCUT2D eigenvalue weighted by molar-refractivity contribution is 5.86. The van der Waals surface area contributed by atoms with Crippen molar-refractivity contribution in [3.63, 3.8) is 0 Å². The van der Waals surface area contributed by atoms with Gasteiger partial charge in [0.25, 0.3) is 0 Å². The van der Waals surface area contributed by atoms with Crippen LogP contribution >= 0.6 is 0 Å². The molecule has 0 fully saturated rings. The number of carbonyl (C=O) groups is 3. The Kier molecular flexibility index (Phi) is 8.80. The van der Waals surface area contributed by atoms with Gasteiger partial charge < -0.3 is 25.4 Å². The molecule has 0 unspecified atom stereocenters. The van der Waals surface area contributed by atoms with Crippen molar-refractivity contribution in [3.05, 3.63) is 12.7 Å². The van der Waals surface area contributed by atoms with Crippen LogP contribution in [-0.4, -0.2) is 67.8 Å². The van der Waals surface area contributed by atoms with Gasteiger partial charge in [0.05, 0.1) is 13.2 Å². The van der Waals surface area contributed by atoms with Crippen LogP contribution in [0.1, 0.15) is 0 Å². The molecule has 0 aromatic carbocycles. The van der Waals surface area contributed by atoms with Gasteiger partial charge in [-0.25, -0.2) is 4.79 Å². The predicted molar refractivity (Wildman–Crippen MR) is 67.7 cm³/mol. The molecule has 0 aliphatic carbocycles. The van der Waals surface area contributed by atoms with Crippen molar-refractivity contribution in [3.8, 4) is 0 Å². The fourth-order valence-electron chi connectivity index (χ4n) is 1.14. The van der Waals surface area contributed by atoms with Crippen LogP contribution in [0.3, 0.4) is 0 Å². The van der Waals surface area contributed by atoms with Crippen molar-refractivity contribution in [2.75, 3.05) is 39.9 Å². The van der Waals surface area contributed by atoms with Crippen LogP contribution in [0.5, 0.6) is 0 Å². The smallest absolute Gasteiger partial charge is 0.322 e. The molecule has 3 N–H and O–H groups in total. The number of methoxy groups -OCH3 is 1. The van der Waals surface area contributed by atoms with Crippen molar-refractivity contribution < 1.29 is 24.2 Å². The number of urea groups is 1. The summed E-state index contributed by atoms with van der Waals surface area (Å²) < 4.78 is 4.86. The summed E-state index contributed by atoms with van der Waals surface area (Å²) in [6, 6.07) is -0.442. The van der Waals surface area contributed by atoms with Crippen molar-refractivity contribution in [1.29, 1.82) is 0 Å². The van der Waals surface area contributed by atoms with Gasteiger partial charge in [-0.2, -0.15) is 0 Å². The SMILES string of the molecule is C=CCN(CCOC)C(=O)NCC(=O)NCC(=O)O. The number of amides is 3. The van der Waals surface area contributed by atoms with Gasteiger partial charge in [0, 0.05) is 20.2 Å². The molecule has 0 saturated carbocycles. The van der Waals surface area contributed by atoms with Gasteiger partial charge in [-0.3, -0.25) is 9.59 Å². The van der Waals surface area contributed by atoms with Crippen LogP contribution < -0.4 is 10.6 Å². The van der Waals surface area contributed by atoms with E-state index in [0.717, 1.165) is 0 Å². The second-order valence-corrected chi connectivity index (χ2v) is 3.56. The standard InChI is InChI=1S/C11H19N3O5/c1-3-4-14(5-6-19-2)11(18)13-7-9(15)12-8-10(16)17/h3H,1,4-8H2,2H3,(H,12,15)(H,13,18)(H,16,17). The molecule has 8 nitrogen and oxygen atoms in total. The van der Waals surface area contributed by atoms with Gasteiger partial charge in [0.15, 0.2) is 0 Å². The quantitative estimate of drug-likeness (QED) is 0.468. The second kappa shape index (κ2) is 9.89. The summed E-state index contributed by atoms with van der Waals surface area (Å²) in [4.78, 5) is 34.5. The molecule has 19 heavy (non-hydrogen) atoms. The van der Waals surface area contributed by atoms with E-state index in [2.05, 4.69) is 17.2 Å². The number of hydrogen-bond acceptors (Lipinski definition) is 4. The Balaban J connectivity index is 4.06.